The molecule has 0 saturated carbocycles. The molecule has 0 amide bonds. The first-order chi connectivity index (χ1) is 7.12. The summed E-state index contributed by atoms with van der Waals surface area (Å²) in [6.45, 7) is 1.80. The first-order valence-corrected chi connectivity index (χ1v) is 4.70. The summed E-state index contributed by atoms with van der Waals surface area (Å²) in [6.07, 6.45) is 0.857. The molecule has 1 aromatic carbocycles. The second kappa shape index (κ2) is 4.48. The number of phenolic OH excluding ortho intramolecular Hbond substituents is 1. The SMILES string of the molecule is CC(C#N)(CCC#N)c1ccc(O)cc1. The second-order valence-corrected chi connectivity index (χ2v) is 3.65. The van der Waals surface area contributed by atoms with E-state index in [4.69, 9.17) is 15.6 Å². The molecule has 1 atom stereocenters. The van der Waals surface area contributed by atoms with Crippen LogP contribution >= 0.6 is 0 Å². The molecule has 1 rings (SSSR count). The van der Waals surface area contributed by atoms with Crippen molar-refractivity contribution >= 4 is 0 Å². The minimum absolute atomic E-state index is 0.180. The van der Waals surface area contributed by atoms with Crippen molar-refractivity contribution in [1.82, 2.24) is 0 Å². The van der Waals surface area contributed by atoms with Gasteiger partial charge in [0.1, 0.15) is 5.75 Å². The van der Waals surface area contributed by atoms with Gasteiger partial charge < -0.3 is 5.11 Å². The van der Waals surface area contributed by atoms with Crippen LogP contribution in [0.25, 0.3) is 0 Å². The van der Waals surface area contributed by atoms with Gasteiger partial charge in [-0.3, -0.25) is 0 Å². The fraction of sp³-hybridized carbons (Fsp3) is 0.333. The average Bonchev–Trinajstić information content (AvgIpc) is 2.27. The molecule has 3 nitrogen and oxygen atoms in total. The molecular weight excluding hydrogens is 188 g/mol. The van der Waals surface area contributed by atoms with Gasteiger partial charge in [-0.2, -0.15) is 10.5 Å². The molecule has 0 aliphatic heterocycles. The zero-order valence-corrected chi connectivity index (χ0v) is 8.57. The third-order valence-electron chi connectivity index (χ3n) is 2.49. The normalized spacial score (nSPS) is 13.5. The molecule has 1 N–H and O–H groups in total. The Labute approximate surface area is 89.2 Å². The number of rotatable bonds is 3. The average molecular weight is 200 g/mol. The van der Waals surface area contributed by atoms with Gasteiger partial charge in [-0.15, -0.1) is 0 Å². The number of nitriles is 2. The van der Waals surface area contributed by atoms with Gasteiger partial charge in [0.25, 0.3) is 0 Å². The van der Waals surface area contributed by atoms with Gasteiger partial charge in [0, 0.05) is 6.42 Å². The van der Waals surface area contributed by atoms with Crippen LogP contribution in [-0.4, -0.2) is 5.11 Å². The molecule has 0 heterocycles. The highest BCUT2D eigenvalue weighted by Gasteiger charge is 2.25. The molecule has 0 spiro atoms. The van der Waals surface area contributed by atoms with E-state index in [-0.39, 0.29) is 5.75 Å². The quantitative estimate of drug-likeness (QED) is 0.814. The van der Waals surface area contributed by atoms with Crippen molar-refractivity contribution in [2.75, 3.05) is 0 Å². The fourth-order valence-electron chi connectivity index (χ4n) is 1.40. The Balaban J connectivity index is 2.97. The molecule has 0 bridgehead atoms. The Bertz CT molecular complexity index is 411. The van der Waals surface area contributed by atoms with E-state index in [0.717, 1.165) is 5.56 Å². The van der Waals surface area contributed by atoms with Crippen LogP contribution in [0.15, 0.2) is 24.3 Å². The van der Waals surface area contributed by atoms with E-state index in [1.165, 1.54) is 0 Å². The summed E-state index contributed by atoms with van der Waals surface area (Å²) in [4.78, 5) is 0. The summed E-state index contributed by atoms with van der Waals surface area (Å²) in [5, 5.41) is 26.8. The standard InChI is InChI=1S/C12H12N2O/c1-12(9-14,7-2-8-13)10-3-5-11(15)6-4-10/h3-6,15H,2,7H2,1H3. The van der Waals surface area contributed by atoms with Crippen molar-refractivity contribution < 1.29 is 5.11 Å². The molecule has 1 aromatic rings. The van der Waals surface area contributed by atoms with Gasteiger partial charge in [-0.25, -0.2) is 0 Å². The van der Waals surface area contributed by atoms with E-state index >= 15 is 0 Å². The van der Waals surface area contributed by atoms with Gasteiger partial charge in [0.15, 0.2) is 0 Å². The van der Waals surface area contributed by atoms with Crippen LogP contribution in [0.1, 0.15) is 25.3 Å². The number of phenols is 1. The largest absolute Gasteiger partial charge is 0.508 e. The van der Waals surface area contributed by atoms with Crippen molar-refractivity contribution in [3.05, 3.63) is 29.8 Å². The van der Waals surface area contributed by atoms with Crippen molar-refractivity contribution in [2.24, 2.45) is 0 Å². The van der Waals surface area contributed by atoms with E-state index < -0.39 is 5.41 Å². The lowest BCUT2D eigenvalue weighted by molar-refractivity contribution is 0.474. The third-order valence-corrected chi connectivity index (χ3v) is 2.49. The van der Waals surface area contributed by atoms with Crippen LogP contribution in [0.5, 0.6) is 5.75 Å². The molecule has 76 valence electrons. The highest BCUT2D eigenvalue weighted by atomic mass is 16.3. The molecular formula is C12H12N2O. The van der Waals surface area contributed by atoms with E-state index in [2.05, 4.69) is 6.07 Å². The maximum absolute atomic E-state index is 9.14. The number of hydrogen-bond acceptors (Lipinski definition) is 3. The van der Waals surface area contributed by atoms with E-state index in [0.29, 0.717) is 12.8 Å². The predicted molar refractivity (Wildman–Crippen MR) is 55.9 cm³/mol. The highest BCUT2D eigenvalue weighted by molar-refractivity contribution is 5.35. The fourth-order valence-corrected chi connectivity index (χ4v) is 1.40. The molecule has 15 heavy (non-hydrogen) atoms. The minimum atomic E-state index is -0.649. The monoisotopic (exact) mass is 200 g/mol. The zero-order chi connectivity index (χ0) is 11.3. The smallest absolute Gasteiger partial charge is 0.115 e. The summed E-state index contributed by atoms with van der Waals surface area (Å²) in [5.41, 5.74) is 0.182. The Morgan fingerprint density at radius 3 is 2.33 bits per heavy atom. The molecule has 3 heteroatoms. The topological polar surface area (TPSA) is 67.8 Å². The molecule has 0 aliphatic rings. The van der Waals surface area contributed by atoms with Crippen LogP contribution in [0.2, 0.25) is 0 Å². The number of hydrogen-bond donors (Lipinski definition) is 1. The van der Waals surface area contributed by atoms with Crippen molar-refractivity contribution in [2.45, 2.75) is 25.2 Å². The lowest BCUT2D eigenvalue weighted by Gasteiger charge is -2.20. The number of benzene rings is 1. The van der Waals surface area contributed by atoms with E-state index in [9.17, 15) is 0 Å². The van der Waals surface area contributed by atoms with E-state index in [1.807, 2.05) is 6.07 Å². The highest BCUT2D eigenvalue weighted by Crippen LogP contribution is 2.29. The van der Waals surface area contributed by atoms with Gasteiger partial charge in [-0.1, -0.05) is 12.1 Å². The number of aromatic hydroxyl groups is 1. The van der Waals surface area contributed by atoms with Crippen LogP contribution in [0.3, 0.4) is 0 Å². The van der Waals surface area contributed by atoms with Crippen molar-refractivity contribution in [3.63, 3.8) is 0 Å². The molecule has 0 fully saturated rings. The molecule has 0 aliphatic carbocycles. The van der Waals surface area contributed by atoms with Gasteiger partial charge in [0.05, 0.1) is 17.6 Å². The summed E-state index contributed by atoms with van der Waals surface area (Å²) in [7, 11) is 0. The zero-order valence-electron chi connectivity index (χ0n) is 8.57. The third kappa shape index (κ3) is 2.48. The predicted octanol–water partition coefficient (Wildman–Crippen LogP) is 2.48. The van der Waals surface area contributed by atoms with Crippen LogP contribution < -0.4 is 0 Å². The van der Waals surface area contributed by atoms with Crippen LogP contribution in [-0.2, 0) is 5.41 Å². The van der Waals surface area contributed by atoms with Gasteiger partial charge >= 0.3 is 0 Å². The van der Waals surface area contributed by atoms with Gasteiger partial charge in [0.2, 0.25) is 0 Å². The summed E-state index contributed by atoms with van der Waals surface area (Å²) in [6, 6.07) is 10.8. The minimum Gasteiger partial charge on any atom is -0.508 e. The van der Waals surface area contributed by atoms with Crippen LogP contribution in [0.4, 0.5) is 0 Å². The summed E-state index contributed by atoms with van der Waals surface area (Å²) < 4.78 is 0. The Kier molecular flexibility index (Phi) is 3.31. The molecule has 0 radical (unpaired) electrons. The second-order valence-electron chi connectivity index (χ2n) is 3.65. The lowest BCUT2D eigenvalue weighted by Crippen LogP contribution is -2.18. The summed E-state index contributed by atoms with van der Waals surface area (Å²) in [5.74, 6) is 0.180. The lowest BCUT2D eigenvalue weighted by atomic mass is 9.80. The maximum Gasteiger partial charge on any atom is 0.115 e. The van der Waals surface area contributed by atoms with Crippen molar-refractivity contribution in [3.8, 4) is 17.9 Å². The van der Waals surface area contributed by atoms with Gasteiger partial charge in [-0.05, 0) is 31.0 Å². The van der Waals surface area contributed by atoms with Crippen LogP contribution in [0, 0.1) is 22.7 Å². The molecule has 0 saturated heterocycles. The molecule has 0 aromatic heterocycles. The first-order valence-electron chi connectivity index (χ1n) is 4.70. The number of nitrogens with zero attached hydrogens (tertiary/aromatic N) is 2. The molecule has 1 unspecified atom stereocenters. The Morgan fingerprint density at radius 1 is 1.27 bits per heavy atom. The Hall–Kier alpha value is -2.00. The van der Waals surface area contributed by atoms with Crippen molar-refractivity contribution in [1.29, 1.82) is 10.5 Å². The van der Waals surface area contributed by atoms with E-state index in [1.54, 1.807) is 31.2 Å². The summed E-state index contributed by atoms with van der Waals surface area (Å²) >= 11 is 0. The first kappa shape index (κ1) is 11.1. The Morgan fingerprint density at radius 2 is 1.87 bits per heavy atom. The maximum atomic E-state index is 9.14.